The van der Waals surface area contributed by atoms with Crippen molar-refractivity contribution in [3.8, 4) is 10.7 Å². The number of carbonyl (C=O) groups is 1. The predicted molar refractivity (Wildman–Crippen MR) is 106 cm³/mol. The molecule has 1 atom stereocenters. The van der Waals surface area contributed by atoms with Crippen LogP contribution in [0, 0.1) is 4.77 Å². The highest BCUT2D eigenvalue weighted by atomic mass is 79.9. The highest BCUT2D eigenvalue weighted by molar-refractivity contribution is 9.10. The van der Waals surface area contributed by atoms with E-state index in [0.717, 1.165) is 21.5 Å². The maximum Gasteiger partial charge on any atom is 0.249 e. The van der Waals surface area contributed by atoms with E-state index in [1.807, 2.05) is 41.5 Å². The van der Waals surface area contributed by atoms with Crippen LogP contribution < -0.4 is 4.90 Å². The second kappa shape index (κ2) is 6.51. The third-order valence-corrected chi connectivity index (χ3v) is 6.04. The number of fused-ring (bicyclic) bond motifs is 1. The second-order valence-electron chi connectivity index (χ2n) is 5.89. The molecule has 1 amide bonds. The molecule has 5 nitrogen and oxygen atoms in total. The summed E-state index contributed by atoms with van der Waals surface area (Å²) in [6, 6.07) is 9.54. The third-order valence-electron chi connectivity index (χ3n) is 4.39. The molecule has 2 aromatic heterocycles. The summed E-state index contributed by atoms with van der Waals surface area (Å²) < 4.78 is 3.30. The number of benzene rings is 1. The fourth-order valence-corrected chi connectivity index (χ4v) is 4.59. The number of nitrogens with zero attached hydrogens (tertiary/aromatic N) is 3. The molecule has 1 aliphatic heterocycles. The topological polar surface area (TPSA) is 53.9 Å². The molecule has 0 saturated heterocycles. The number of H-pyrrole nitrogens is 1. The van der Waals surface area contributed by atoms with Crippen LogP contribution in [0.1, 0.15) is 18.5 Å². The Morgan fingerprint density at radius 2 is 2.28 bits per heavy atom. The lowest BCUT2D eigenvalue weighted by Crippen LogP contribution is -2.35. The van der Waals surface area contributed by atoms with Crippen LogP contribution in [0.15, 0.2) is 40.2 Å². The van der Waals surface area contributed by atoms with Gasteiger partial charge in [0.05, 0.1) is 4.88 Å². The van der Waals surface area contributed by atoms with Gasteiger partial charge in [-0.15, -0.1) is 11.3 Å². The molecule has 0 saturated carbocycles. The summed E-state index contributed by atoms with van der Waals surface area (Å²) in [4.78, 5) is 16.0. The zero-order valence-corrected chi connectivity index (χ0v) is 16.6. The van der Waals surface area contributed by atoms with Gasteiger partial charge in [0, 0.05) is 16.7 Å². The Balaban J connectivity index is 1.70. The number of carbonyl (C=O) groups excluding carboxylic acids is 1. The van der Waals surface area contributed by atoms with E-state index in [0.29, 0.717) is 17.1 Å². The smallest absolute Gasteiger partial charge is 0.249 e. The quantitative estimate of drug-likeness (QED) is 0.613. The number of amides is 1. The highest BCUT2D eigenvalue weighted by Gasteiger charge is 2.30. The summed E-state index contributed by atoms with van der Waals surface area (Å²) in [6.45, 7) is 2.57. The molecular formula is C17H15BrN4OS2. The van der Waals surface area contributed by atoms with Crippen LogP contribution in [0.3, 0.4) is 0 Å². The van der Waals surface area contributed by atoms with Crippen molar-refractivity contribution >= 4 is 51.1 Å². The van der Waals surface area contributed by atoms with Crippen molar-refractivity contribution in [3.05, 3.63) is 50.5 Å². The molecule has 0 spiro atoms. The molecule has 4 rings (SSSR count). The summed E-state index contributed by atoms with van der Waals surface area (Å²) >= 11 is 10.5. The molecule has 1 aromatic carbocycles. The van der Waals surface area contributed by atoms with Crippen LogP contribution in [0.2, 0.25) is 0 Å². The molecule has 1 unspecified atom stereocenters. The number of hydrogen-bond donors (Lipinski definition) is 1. The molecule has 8 heteroatoms. The molecule has 3 aromatic rings. The third kappa shape index (κ3) is 2.88. The Bertz CT molecular complexity index is 992. The number of hydrogen-bond acceptors (Lipinski definition) is 4. The van der Waals surface area contributed by atoms with Crippen LogP contribution in [0.5, 0.6) is 0 Å². The van der Waals surface area contributed by atoms with E-state index >= 15 is 0 Å². The number of thiophene rings is 1. The molecule has 0 radical (unpaired) electrons. The maximum absolute atomic E-state index is 13.2. The molecule has 0 aliphatic carbocycles. The molecule has 0 fully saturated rings. The summed E-state index contributed by atoms with van der Waals surface area (Å²) in [5, 5.41) is 9.13. The molecular weight excluding hydrogens is 420 g/mol. The van der Waals surface area contributed by atoms with Crippen molar-refractivity contribution in [2.75, 3.05) is 11.4 Å². The molecule has 1 aliphatic rings. The first-order valence-electron chi connectivity index (χ1n) is 7.87. The monoisotopic (exact) mass is 434 g/mol. The fraction of sp³-hybridized carbons (Fsp3) is 0.235. The molecule has 128 valence electrons. The maximum atomic E-state index is 13.2. The number of nitrogens with one attached hydrogen (secondary N) is 1. The van der Waals surface area contributed by atoms with Gasteiger partial charge in [-0.05, 0) is 60.8 Å². The van der Waals surface area contributed by atoms with Crippen molar-refractivity contribution < 1.29 is 4.79 Å². The lowest BCUT2D eigenvalue weighted by atomic mass is 10.2. The molecule has 25 heavy (non-hydrogen) atoms. The average molecular weight is 435 g/mol. The fourth-order valence-electron chi connectivity index (χ4n) is 3.18. The van der Waals surface area contributed by atoms with Crippen molar-refractivity contribution in [1.29, 1.82) is 0 Å². The first-order valence-corrected chi connectivity index (χ1v) is 9.95. The van der Waals surface area contributed by atoms with Gasteiger partial charge in [0.1, 0.15) is 6.04 Å². The van der Waals surface area contributed by atoms with E-state index in [2.05, 4.69) is 32.2 Å². The number of halogens is 1. The summed E-state index contributed by atoms with van der Waals surface area (Å²) in [5.74, 6) is 0.729. The van der Waals surface area contributed by atoms with Crippen molar-refractivity contribution in [3.63, 3.8) is 0 Å². The van der Waals surface area contributed by atoms with E-state index in [4.69, 9.17) is 12.2 Å². The van der Waals surface area contributed by atoms with Gasteiger partial charge in [0.25, 0.3) is 0 Å². The first-order chi connectivity index (χ1) is 12.1. The summed E-state index contributed by atoms with van der Waals surface area (Å²) in [6.07, 6.45) is 0.863. The van der Waals surface area contributed by atoms with Gasteiger partial charge in [-0.2, -0.15) is 5.10 Å². The van der Waals surface area contributed by atoms with Crippen LogP contribution >= 0.6 is 39.5 Å². The minimum Gasteiger partial charge on any atom is -0.310 e. The molecule has 1 N–H and O–H groups in total. The van der Waals surface area contributed by atoms with Gasteiger partial charge in [0.15, 0.2) is 10.6 Å². The van der Waals surface area contributed by atoms with E-state index < -0.39 is 6.04 Å². The zero-order valence-electron chi connectivity index (χ0n) is 13.4. The normalized spacial score (nSPS) is 14.6. The zero-order chi connectivity index (χ0) is 17.6. The SMILES string of the molecule is CC(C(=O)N1CCc2cc(Br)ccc21)n1c(-c2cccs2)n[nH]c1=S. The van der Waals surface area contributed by atoms with Crippen LogP contribution in [0.25, 0.3) is 10.7 Å². The number of aromatic nitrogens is 3. The second-order valence-corrected chi connectivity index (χ2v) is 8.14. The highest BCUT2D eigenvalue weighted by Crippen LogP contribution is 2.33. The van der Waals surface area contributed by atoms with Crippen molar-refractivity contribution in [2.24, 2.45) is 0 Å². The summed E-state index contributed by atoms with van der Waals surface area (Å²) in [5.41, 5.74) is 2.16. The minimum atomic E-state index is -0.432. The molecule has 3 heterocycles. The van der Waals surface area contributed by atoms with Crippen LogP contribution in [-0.2, 0) is 11.2 Å². The van der Waals surface area contributed by atoms with E-state index in [1.165, 1.54) is 5.56 Å². The standard InChI is InChI=1S/C17H15BrN4OS2/c1-10(22-15(19-20-17(22)24)14-3-2-8-25-14)16(23)21-7-6-11-9-12(18)4-5-13(11)21/h2-5,8-10H,6-7H2,1H3,(H,20,24). The van der Waals surface area contributed by atoms with E-state index in [9.17, 15) is 4.79 Å². The van der Waals surface area contributed by atoms with Crippen molar-refractivity contribution in [1.82, 2.24) is 14.8 Å². The lowest BCUT2D eigenvalue weighted by Gasteiger charge is -2.23. The largest absolute Gasteiger partial charge is 0.310 e. The Morgan fingerprint density at radius 1 is 1.44 bits per heavy atom. The number of anilines is 1. The van der Waals surface area contributed by atoms with Gasteiger partial charge in [0.2, 0.25) is 5.91 Å². The Morgan fingerprint density at radius 3 is 3.04 bits per heavy atom. The lowest BCUT2D eigenvalue weighted by molar-refractivity contribution is -0.121. The van der Waals surface area contributed by atoms with Crippen LogP contribution in [-0.4, -0.2) is 27.2 Å². The first kappa shape index (κ1) is 16.7. The van der Waals surface area contributed by atoms with Gasteiger partial charge < -0.3 is 4.90 Å². The van der Waals surface area contributed by atoms with E-state index in [1.54, 1.807) is 15.9 Å². The predicted octanol–water partition coefficient (Wildman–Crippen LogP) is 4.58. The van der Waals surface area contributed by atoms with Gasteiger partial charge in [-0.1, -0.05) is 22.0 Å². The average Bonchev–Trinajstić information content (AvgIpc) is 3.32. The van der Waals surface area contributed by atoms with Gasteiger partial charge >= 0.3 is 0 Å². The molecule has 0 bridgehead atoms. The minimum absolute atomic E-state index is 0.0244. The number of rotatable bonds is 3. The van der Waals surface area contributed by atoms with E-state index in [-0.39, 0.29) is 5.91 Å². The van der Waals surface area contributed by atoms with Crippen LogP contribution in [0.4, 0.5) is 5.69 Å². The van der Waals surface area contributed by atoms with Gasteiger partial charge in [-0.25, -0.2) is 0 Å². The Hall–Kier alpha value is -1.77. The van der Waals surface area contributed by atoms with Crippen molar-refractivity contribution in [2.45, 2.75) is 19.4 Å². The number of aromatic amines is 1. The van der Waals surface area contributed by atoms with Gasteiger partial charge in [-0.3, -0.25) is 14.5 Å². The Kier molecular flexibility index (Phi) is 4.35. The summed E-state index contributed by atoms with van der Waals surface area (Å²) in [7, 11) is 0. The Labute approximate surface area is 162 Å².